The van der Waals surface area contributed by atoms with Gasteiger partial charge in [0.1, 0.15) is 6.29 Å². The van der Waals surface area contributed by atoms with Gasteiger partial charge in [0.15, 0.2) is 0 Å². The van der Waals surface area contributed by atoms with Crippen LogP contribution in [0.25, 0.3) is 0 Å². The third-order valence-electron chi connectivity index (χ3n) is 3.13. The minimum absolute atomic E-state index is 0.397. The van der Waals surface area contributed by atoms with Crippen LogP contribution in [0.4, 0.5) is 0 Å². The van der Waals surface area contributed by atoms with Gasteiger partial charge in [0, 0.05) is 10.2 Å². The third-order valence-corrected chi connectivity index (χ3v) is 3.48. The Labute approximate surface area is 111 Å². The molecule has 0 amide bonds. The summed E-state index contributed by atoms with van der Waals surface area (Å²) in [6.45, 7) is 19.2. The Morgan fingerprint density at radius 3 is 1.53 bits per heavy atom. The molecule has 0 aromatic carbocycles. The fourth-order valence-electron chi connectivity index (χ4n) is 2.03. The summed E-state index contributed by atoms with van der Waals surface area (Å²) >= 11 is 0. The first-order chi connectivity index (χ1) is 7.89. The summed E-state index contributed by atoms with van der Waals surface area (Å²) in [6, 6.07) is 0. The Balaban J connectivity index is 4.59. The van der Waals surface area contributed by atoms with Gasteiger partial charge >= 0.3 is 0 Å². The molecule has 0 atom stereocenters. The number of hydrogen-bond donors (Lipinski definition) is 1. The smallest absolute Gasteiger partial charge is 0.117 e. The molecule has 0 rings (SSSR count). The zero-order valence-electron chi connectivity index (χ0n) is 13.0. The van der Waals surface area contributed by atoms with Gasteiger partial charge in [-0.25, -0.2) is 0 Å². The number of hydrogen-bond acceptors (Lipinski definition) is 3. The first-order valence-corrected chi connectivity index (χ1v) is 8.11. The molecule has 0 aliphatic rings. The highest BCUT2D eigenvalue weighted by Crippen LogP contribution is 2.16. The molecular weight excluding hydrogens is 226 g/mol. The van der Waals surface area contributed by atoms with Crippen LogP contribution in [0, 0.1) is 0 Å². The molecule has 0 saturated carbocycles. The predicted octanol–water partition coefficient (Wildman–Crippen LogP) is 1.11. The molecule has 0 aromatic heterocycles. The van der Waals surface area contributed by atoms with E-state index in [2.05, 4.69) is 56.7 Å². The molecule has 3 nitrogen and oxygen atoms in total. The van der Waals surface area contributed by atoms with Gasteiger partial charge in [0.25, 0.3) is 0 Å². The monoisotopic (exact) mass is 259 g/mol. The van der Waals surface area contributed by atoms with Gasteiger partial charge in [-0.2, -0.15) is 0 Å². The average Bonchev–Trinajstić information content (AvgIpc) is 2.26. The third kappa shape index (κ3) is 6.55. The van der Waals surface area contributed by atoms with Gasteiger partial charge in [-0.1, -0.05) is 41.5 Å². The summed E-state index contributed by atoms with van der Waals surface area (Å²) in [7, 11) is 1.23. The van der Waals surface area contributed by atoms with Crippen molar-refractivity contribution in [1.82, 2.24) is 15.1 Å². The summed E-state index contributed by atoms with van der Waals surface area (Å²) in [5.74, 6) is 0. The maximum atomic E-state index is 3.75. The number of nitrogens with one attached hydrogen (secondary N) is 1. The van der Waals surface area contributed by atoms with Gasteiger partial charge in [0.05, 0.1) is 0 Å². The number of nitrogens with zero attached hydrogens (tertiary/aromatic N) is 2. The van der Waals surface area contributed by atoms with Crippen molar-refractivity contribution in [2.75, 3.05) is 32.7 Å². The second-order valence-corrected chi connectivity index (χ2v) is 8.46. The van der Waals surface area contributed by atoms with Gasteiger partial charge in [0.2, 0.25) is 0 Å². The highest BCUT2D eigenvalue weighted by atomic mass is 28.1. The molecule has 0 bridgehead atoms. The normalized spacial score (nSPS) is 13.2. The van der Waals surface area contributed by atoms with Gasteiger partial charge in [-0.05, 0) is 37.8 Å². The summed E-state index contributed by atoms with van der Waals surface area (Å²) in [5.41, 5.74) is 0. The molecule has 0 radical (unpaired) electrons. The number of rotatable bonds is 9. The second kappa shape index (κ2) is 8.24. The maximum Gasteiger partial charge on any atom is 0.117 e. The Morgan fingerprint density at radius 2 is 1.29 bits per heavy atom. The van der Waals surface area contributed by atoms with Crippen LogP contribution in [0.2, 0.25) is 5.04 Å². The van der Waals surface area contributed by atoms with Crippen LogP contribution in [0.15, 0.2) is 0 Å². The van der Waals surface area contributed by atoms with Gasteiger partial charge < -0.3 is 0 Å². The summed E-state index contributed by atoms with van der Waals surface area (Å²) in [6.07, 6.45) is 0.397. The summed E-state index contributed by atoms with van der Waals surface area (Å²) in [4.78, 5) is 5.00. The van der Waals surface area contributed by atoms with Crippen molar-refractivity contribution >= 4 is 10.2 Å². The van der Waals surface area contributed by atoms with Crippen LogP contribution >= 0.6 is 0 Å². The van der Waals surface area contributed by atoms with Crippen LogP contribution in [0.3, 0.4) is 0 Å². The Bertz CT molecular complexity index is 172. The molecule has 17 heavy (non-hydrogen) atoms. The molecule has 0 aliphatic heterocycles. The van der Waals surface area contributed by atoms with Crippen molar-refractivity contribution < 1.29 is 0 Å². The zero-order valence-corrected chi connectivity index (χ0v) is 15.0. The van der Waals surface area contributed by atoms with Crippen LogP contribution in [0.1, 0.15) is 41.5 Å². The molecule has 0 spiro atoms. The minimum Gasteiger partial charge on any atom is -0.289 e. The fourth-order valence-corrected chi connectivity index (χ4v) is 2.23. The predicted molar refractivity (Wildman–Crippen MR) is 81.6 cm³/mol. The SMILES string of the molecule is CCN(CC)C(NCC(C)(C)[SiH3])N(CC)CC. The van der Waals surface area contributed by atoms with E-state index in [1.807, 2.05) is 0 Å². The zero-order chi connectivity index (χ0) is 13.5. The van der Waals surface area contributed by atoms with Crippen LogP contribution in [0.5, 0.6) is 0 Å². The van der Waals surface area contributed by atoms with Crippen molar-refractivity contribution in [3.05, 3.63) is 0 Å². The van der Waals surface area contributed by atoms with Crippen LogP contribution in [-0.4, -0.2) is 59.1 Å². The first-order valence-electron chi connectivity index (χ1n) is 7.11. The summed E-state index contributed by atoms with van der Waals surface area (Å²) < 4.78 is 0. The lowest BCUT2D eigenvalue weighted by Crippen LogP contribution is -2.57. The van der Waals surface area contributed by atoms with Crippen molar-refractivity contribution in [1.29, 1.82) is 0 Å². The van der Waals surface area contributed by atoms with E-state index in [0.717, 1.165) is 32.7 Å². The van der Waals surface area contributed by atoms with E-state index < -0.39 is 0 Å². The molecular formula is C13H33N3Si. The first kappa shape index (κ1) is 17.1. The van der Waals surface area contributed by atoms with Gasteiger partial charge in [-0.3, -0.25) is 15.1 Å². The lowest BCUT2D eigenvalue weighted by molar-refractivity contribution is 0.0291. The quantitative estimate of drug-likeness (QED) is 0.494. The summed E-state index contributed by atoms with van der Waals surface area (Å²) in [5, 5.41) is 4.22. The van der Waals surface area contributed by atoms with E-state index >= 15 is 0 Å². The highest BCUT2D eigenvalue weighted by molar-refractivity contribution is 6.14. The lowest BCUT2D eigenvalue weighted by Gasteiger charge is -2.39. The van der Waals surface area contributed by atoms with Crippen molar-refractivity contribution in [2.24, 2.45) is 0 Å². The standard InChI is InChI=1S/C13H33N3Si/c1-7-15(8-2)12(16(9-3)10-4)14-11-13(5,6)17/h12,14H,7-11H2,1-6,17H3. The van der Waals surface area contributed by atoms with E-state index in [0.29, 0.717) is 11.3 Å². The highest BCUT2D eigenvalue weighted by Gasteiger charge is 2.22. The topological polar surface area (TPSA) is 18.5 Å². The lowest BCUT2D eigenvalue weighted by atomic mass is 10.2. The maximum absolute atomic E-state index is 3.75. The van der Waals surface area contributed by atoms with E-state index in [1.54, 1.807) is 0 Å². The molecule has 0 aromatic rings. The Morgan fingerprint density at radius 1 is 0.941 bits per heavy atom. The largest absolute Gasteiger partial charge is 0.289 e. The molecule has 1 N–H and O–H groups in total. The van der Waals surface area contributed by atoms with Crippen molar-refractivity contribution in [3.63, 3.8) is 0 Å². The minimum atomic E-state index is 0.397. The molecule has 4 heteroatoms. The van der Waals surface area contributed by atoms with E-state index in [9.17, 15) is 0 Å². The second-order valence-electron chi connectivity index (χ2n) is 5.76. The molecule has 0 saturated heterocycles. The van der Waals surface area contributed by atoms with Gasteiger partial charge in [-0.15, -0.1) is 0 Å². The van der Waals surface area contributed by atoms with Crippen molar-refractivity contribution in [2.45, 2.75) is 52.9 Å². The molecule has 0 heterocycles. The van der Waals surface area contributed by atoms with Crippen LogP contribution < -0.4 is 5.32 Å². The van der Waals surface area contributed by atoms with Crippen LogP contribution in [-0.2, 0) is 0 Å². The molecule has 0 unspecified atom stereocenters. The van der Waals surface area contributed by atoms with E-state index in [1.165, 1.54) is 10.2 Å². The molecule has 0 aliphatic carbocycles. The Kier molecular flexibility index (Phi) is 8.29. The average molecular weight is 260 g/mol. The van der Waals surface area contributed by atoms with E-state index in [4.69, 9.17) is 0 Å². The van der Waals surface area contributed by atoms with Crippen molar-refractivity contribution in [3.8, 4) is 0 Å². The Hall–Kier alpha value is 0.0969. The fraction of sp³-hybridized carbons (Fsp3) is 1.00. The van der Waals surface area contributed by atoms with E-state index in [-0.39, 0.29) is 0 Å². The molecule has 0 fully saturated rings. The molecule has 104 valence electrons.